The van der Waals surface area contributed by atoms with Crippen LogP contribution in [0.25, 0.3) is 0 Å². The minimum absolute atomic E-state index is 0.373. The third-order valence-corrected chi connectivity index (χ3v) is 1.21. The molecule has 2 nitrogen and oxygen atoms in total. The summed E-state index contributed by atoms with van der Waals surface area (Å²) in [5.74, 6) is -0.373. The van der Waals surface area contributed by atoms with Crippen LogP contribution in [0.2, 0.25) is 0 Å². The Kier molecular flexibility index (Phi) is 8.52. The van der Waals surface area contributed by atoms with Gasteiger partial charge in [-0.15, -0.1) is 13.2 Å². The first-order chi connectivity index (χ1) is 6.76. The van der Waals surface area contributed by atoms with E-state index in [-0.39, 0.29) is 5.76 Å². The Morgan fingerprint density at radius 2 is 1.87 bits per heavy atom. The van der Waals surface area contributed by atoms with Crippen LogP contribution >= 0.6 is 0 Å². The van der Waals surface area contributed by atoms with Crippen molar-refractivity contribution in [3.63, 3.8) is 0 Å². The number of rotatable bonds is 3. The van der Waals surface area contributed by atoms with E-state index in [0.29, 0.717) is 6.42 Å². The minimum atomic E-state index is -4.64. The third-order valence-electron chi connectivity index (χ3n) is 1.21. The Balaban J connectivity index is 0. The van der Waals surface area contributed by atoms with E-state index < -0.39 is 6.36 Å². The summed E-state index contributed by atoms with van der Waals surface area (Å²) in [4.78, 5) is 0. The molecule has 0 aromatic carbocycles. The summed E-state index contributed by atoms with van der Waals surface area (Å²) in [7, 11) is 0. The Morgan fingerprint density at radius 1 is 1.47 bits per heavy atom. The molecule has 0 aromatic heterocycles. The highest BCUT2D eigenvalue weighted by molar-refractivity contribution is 5.13. The van der Waals surface area contributed by atoms with Crippen molar-refractivity contribution in [3.8, 4) is 0 Å². The molecule has 0 aliphatic heterocycles. The number of hydrogen-bond acceptors (Lipinski definition) is 2. The van der Waals surface area contributed by atoms with E-state index in [2.05, 4.69) is 17.9 Å². The number of alkyl halides is 3. The molecular weight excluding hydrogens is 209 g/mol. The molecule has 88 valence electrons. The summed E-state index contributed by atoms with van der Waals surface area (Å²) in [6.07, 6.45) is -1.94. The van der Waals surface area contributed by atoms with Crippen molar-refractivity contribution in [2.75, 3.05) is 0 Å². The van der Waals surface area contributed by atoms with Gasteiger partial charge >= 0.3 is 6.36 Å². The first kappa shape index (κ1) is 16.1. The van der Waals surface area contributed by atoms with Crippen LogP contribution in [-0.4, -0.2) is 11.5 Å². The SMILES string of the molecule is C=C(/C=C(\C)CC)OC(F)(F)F.C=CO. The highest BCUT2D eigenvalue weighted by Gasteiger charge is 2.30. The van der Waals surface area contributed by atoms with Gasteiger partial charge in [-0.2, -0.15) is 0 Å². The lowest BCUT2D eigenvalue weighted by Gasteiger charge is -2.08. The predicted octanol–water partition coefficient (Wildman–Crippen LogP) is 4.08. The largest absolute Gasteiger partial charge is 0.573 e. The second kappa shape index (κ2) is 7.96. The van der Waals surface area contributed by atoms with Crippen molar-refractivity contribution in [1.82, 2.24) is 0 Å². The monoisotopic (exact) mass is 224 g/mol. The number of hydrogen-bond donors (Lipinski definition) is 1. The van der Waals surface area contributed by atoms with Crippen molar-refractivity contribution in [2.24, 2.45) is 0 Å². The average molecular weight is 224 g/mol. The molecule has 0 bridgehead atoms. The summed E-state index contributed by atoms with van der Waals surface area (Å²) in [5, 5.41) is 7.33. The predicted molar refractivity (Wildman–Crippen MR) is 53.2 cm³/mol. The maximum Gasteiger partial charge on any atom is 0.573 e. The second-order valence-electron chi connectivity index (χ2n) is 2.54. The number of allylic oxidation sites excluding steroid dienone is 2. The van der Waals surface area contributed by atoms with Crippen molar-refractivity contribution < 1.29 is 23.0 Å². The van der Waals surface area contributed by atoms with Crippen molar-refractivity contribution in [1.29, 1.82) is 0 Å². The van der Waals surface area contributed by atoms with Gasteiger partial charge in [-0.25, -0.2) is 0 Å². The Labute approximate surface area is 87.4 Å². The van der Waals surface area contributed by atoms with Crippen LogP contribution in [0.15, 0.2) is 36.8 Å². The number of aliphatic hydroxyl groups excluding tert-OH is 1. The highest BCUT2D eigenvalue weighted by Crippen LogP contribution is 2.21. The van der Waals surface area contributed by atoms with Crippen molar-refractivity contribution >= 4 is 0 Å². The van der Waals surface area contributed by atoms with E-state index in [1.807, 2.05) is 6.92 Å². The number of ether oxygens (including phenoxy) is 1. The van der Waals surface area contributed by atoms with Crippen molar-refractivity contribution in [2.45, 2.75) is 26.6 Å². The lowest BCUT2D eigenvalue weighted by atomic mass is 10.2. The fourth-order valence-electron chi connectivity index (χ4n) is 0.555. The molecule has 0 saturated heterocycles. The minimum Gasteiger partial charge on any atom is -0.516 e. The molecule has 1 N–H and O–H groups in total. The van der Waals surface area contributed by atoms with Gasteiger partial charge in [0.05, 0.1) is 6.26 Å². The molecule has 0 aliphatic carbocycles. The first-order valence-electron chi connectivity index (χ1n) is 4.13. The van der Waals surface area contributed by atoms with Gasteiger partial charge in [-0.1, -0.05) is 25.7 Å². The molecule has 15 heavy (non-hydrogen) atoms. The molecule has 0 saturated carbocycles. The quantitative estimate of drug-likeness (QED) is 0.578. The molecule has 0 rings (SSSR count). The maximum absolute atomic E-state index is 11.5. The van der Waals surface area contributed by atoms with Crippen LogP contribution in [0.3, 0.4) is 0 Å². The average Bonchev–Trinajstić information content (AvgIpc) is 2.01. The molecule has 0 heterocycles. The zero-order valence-corrected chi connectivity index (χ0v) is 8.77. The van der Waals surface area contributed by atoms with Gasteiger partial charge in [0.1, 0.15) is 5.76 Å². The van der Waals surface area contributed by atoms with Crippen LogP contribution in [0, 0.1) is 0 Å². The second-order valence-corrected chi connectivity index (χ2v) is 2.54. The Morgan fingerprint density at radius 3 is 2.13 bits per heavy atom. The van der Waals surface area contributed by atoms with Gasteiger partial charge in [0, 0.05) is 0 Å². The van der Waals surface area contributed by atoms with Gasteiger partial charge in [0.15, 0.2) is 0 Å². The molecule has 5 heteroatoms. The highest BCUT2D eigenvalue weighted by atomic mass is 19.4. The maximum atomic E-state index is 11.5. The van der Waals surface area contributed by atoms with E-state index in [4.69, 9.17) is 5.11 Å². The summed E-state index contributed by atoms with van der Waals surface area (Å²) in [6.45, 7) is 9.58. The normalized spacial score (nSPS) is 11.1. The molecule has 0 spiro atoms. The first-order valence-corrected chi connectivity index (χ1v) is 4.13. The fourth-order valence-corrected chi connectivity index (χ4v) is 0.555. The lowest BCUT2D eigenvalue weighted by molar-refractivity contribution is -0.303. The van der Waals surface area contributed by atoms with Gasteiger partial charge in [0.25, 0.3) is 0 Å². The standard InChI is InChI=1S/C8H11F3O.C2H4O/c1-4-6(2)5-7(3)12-8(9,10)11;1-2-3/h5H,3-4H2,1-2H3;2-3H,1H2/b6-5+;. The Hall–Kier alpha value is -1.39. The zero-order chi connectivity index (χ0) is 12.5. The summed E-state index contributed by atoms with van der Waals surface area (Å²) < 4.78 is 38.2. The molecule has 0 radical (unpaired) electrons. The van der Waals surface area contributed by atoms with E-state index >= 15 is 0 Å². The zero-order valence-electron chi connectivity index (χ0n) is 8.77. The smallest absolute Gasteiger partial charge is 0.516 e. The lowest BCUT2D eigenvalue weighted by Crippen LogP contribution is -2.11. The van der Waals surface area contributed by atoms with Gasteiger partial charge in [-0.3, -0.25) is 0 Å². The summed E-state index contributed by atoms with van der Waals surface area (Å²) >= 11 is 0. The molecule has 0 fully saturated rings. The van der Waals surface area contributed by atoms with Crippen LogP contribution in [0.5, 0.6) is 0 Å². The molecule has 0 unspecified atom stereocenters. The third kappa shape index (κ3) is 15.4. The fraction of sp³-hybridized carbons (Fsp3) is 0.400. The number of aliphatic hydroxyl groups is 1. The van der Waals surface area contributed by atoms with Gasteiger partial charge in [-0.05, 0) is 19.4 Å². The van der Waals surface area contributed by atoms with Crippen LogP contribution < -0.4 is 0 Å². The molecule has 0 amide bonds. The molecule has 0 aromatic rings. The molecular formula is C10H15F3O2. The van der Waals surface area contributed by atoms with E-state index in [0.717, 1.165) is 11.8 Å². The van der Waals surface area contributed by atoms with E-state index in [9.17, 15) is 13.2 Å². The van der Waals surface area contributed by atoms with E-state index in [1.165, 1.54) is 6.08 Å². The van der Waals surface area contributed by atoms with Crippen LogP contribution in [0.4, 0.5) is 13.2 Å². The Bertz CT molecular complexity index is 229. The van der Waals surface area contributed by atoms with E-state index in [1.54, 1.807) is 6.92 Å². The summed E-state index contributed by atoms with van der Waals surface area (Å²) in [6, 6.07) is 0. The van der Waals surface area contributed by atoms with Gasteiger partial charge in [0.2, 0.25) is 0 Å². The van der Waals surface area contributed by atoms with Gasteiger partial charge < -0.3 is 9.84 Å². The molecule has 0 aliphatic rings. The molecule has 0 atom stereocenters. The number of halogens is 3. The van der Waals surface area contributed by atoms with Crippen LogP contribution in [-0.2, 0) is 4.74 Å². The van der Waals surface area contributed by atoms with Crippen LogP contribution in [0.1, 0.15) is 20.3 Å². The topological polar surface area (TPSA) is 29.5 Å². The summed E-state index contributed by atoms with van der Waals surface area (Å²) in [5.41, 5.74) is 0.796. The van der Waals surface area contributed by atoms with Crippen molar-refractivity contribution in [3.05, 3.63) is 36.8 Å².